The number of nitrogens with zero attached hydrogens (tertiary/aromatic N) is 1. The summed E-state index contributed by atoms with van der Waals surface area (Å²) in [4.78, 5) is 26.1. The zero-order valence-corrected chi connectivity index (χ0v) is 17.8. The van der Waals surface area contributed by atoms with Gasteiger partial charge in [0.2, 0.25) is 0 Å². The first-order valence-electron chi connectivity index (χ1n) is 8.99. The summed E-state index contributed by atoms with van der Waals surface area (Å²) in [5.74, 6) is 2.91. The second-order valence-electron chi connectivity index (χ2n) is 8.70. The van der Waals surface area contributed by atoms with Crippen LogP contribution in [0.2, 0.25) is 19.6 Å². The number of methoxy groups -OCH3 is 1. The van der Waals surface area contributed by atoms with Gasteiger partial charge in [-0.15, -0.1) is 11.5 Å². The fourth-order valence-electron chi connectivity index (χ4n) is 2.84. The van der Waals surface area contributed by atoms with Crippen LogP contribution in [0.1, 0.15) is 40.0 Å². The fraction of sp³-hybridized carbons (Fsp3) is 0.789. The lowest BCUT2D eigenvalue weighted by Crippen LogP contribution is -2.48. The van der Waals surface area contributed by atoms with Gasteiger partial charge in [-0.25, -0.2) is 4.79 Å². The zero-order chi connectivity index (χ0) is 19.3. The molecular formula is C19H33NO4Si. The smallest absolute Gasteiger partial charge is 0.410 e. The Morgan fingerprint density at radius 2 is 1.88 bits per heavy atom. The van der Waals surface area contributed by atoms with Crippen molar-refractivity contribution < 1.29 is 19.1 Å². The number of hydrogen-bond acceptors (Lipinski definition) is 4. The molecule has 0 aromatic heterocycles. The molecule has 1 heterocycles. The lowest BCUT2D eigenvalue weighted by Gasteiger charge is -2.37. The molecule has 5 nitrogen and oxygen atoms in total. The largest absolute Gasteiger partial charge is 0.469 e. The highest BCUT2D eigenvalue weighted by atomic mass is 28.3. The number of amides is 1. The van der Waals surface area contributed by atoms with E-state index in [1.807, 2.05) is 20.8 Å². The monoisotopic (exact) mass is 367 g/mol. The molecule has 1 aliphatic heterocycles. The normalized spacial score (nSPS) is 21.2. The first kappa shape index (κ1) is 21.6. The van der Waals surface area contributed by atoms with Crippen LogP contribution in [-0.4, -0.2) is 50.8 Å². The summed E-state index contributed by atoms with van der Waals surface area (Å²) >= 11 is 0. The standard InChI is InChI=1S/C19H33NO4Si/c1-19(2,3)24-18(22)20-12-11-15(16(14-20)17(21)23-4)10-8-9-13-25(5,6)7/h15-16H,8,10-12,14H2,1-7H3/t15-,16-/m0/s1. The Kier molecular flexibility index (Phi) is 7.55. The summed E-state index contributed by atoms with van der Waals surface area (Å²) < 4.78 is 10.4. The number of carbonyl (C=O) groups is 2. The van der Waals surface area contributed by atoms with Crippen molar-refractivity contribution in [2.24, 2.45) is 11.8 Å². The maximum atomic E-state index is 12.3. The van der Waals surface area contributed by atoms with Crippen LogP contribution in [0.15, 0.2) is 0 Å². The first-order valence-corrected chi connectivity index (χ1v) is 12.5. The highest BCUT2D eigenvalue weighted by Crippen LogP contribution is 2.29. The summed E-state index contributed by atoms with van der Waals surface area (Å²) in [5.41, 5.74) is 2.82. The Morgan fingerprint density at radius 1 is 1.24 bits per heavy atom. The van der Waals surface area contributed by atoms with Crippen LogP contribution in [0, 0.1) is 23.3 Å². The second-order valence-corrected chi connectivity index (χ2v) is 13.4. The highest BCUT2D eigenvalue weighted by molar-refractivity contribution is 6.83. The maximum absolute atomic E-state index is 12.3. The van der Waals surface area contributed by atoms with E-state index < -0.39 is 13.7 Å². The molecule has 0 radical (unpaired) electrons. The predicted molar refractivity (Wildman–Crippen MR) is 102 cm³/mol. The minimum Gasteiger partial charge on any atom is -0.469 e. The van der Waals surface area contributed by atoms with Gasteiger partial charge in [0.15, 0.2) is 0 Å². The van der Waals surface area contributed by atoms with Gasteiger partial charge in [0.1, 0.15) is 13.7 Å². The summed E-state index contributed by atoms with van der Waals surface area (Å²) in [6.45, 7) is 13.1. The number of rotatable bonds is 3. The molecule has 1 amide bonds. The van der Waals surface area contributed by atoms with Crippen molar-refractivity contribution in [3.63, 3.8) is 0 Å². The van der Waals surface area contributed by atoms with Gasteiger partial charge in [-0.3, -0.25) is 4.79 Å². The van der Waals surface area contributed by atoms with Gasteiger partial charge in [-0.2, -0.15) is 0 Å². The van der Waals surface area contributed by atoms with Crippen molar-refractivity contribution in [1.82, 2.24) is 4.90 Å². The summed E-state index contributed by atoms with van der Waals surface area (Å²) in [6.07, 6.45) is 2.06. The van der Waals surface area contributed by atoms with Crippen LogP contribution in [0.25, 0.3) is 0 Å². The van der Waals surface area contributed by atoms with Crippen molar-refractivity contribution >= 4 is 20.1 Å². The molecule has 6 heteroatoms. The quantitative estimate of drug-likeness (QED) is 0.434. The van der Waals surface area contributed by atoms with E-state index in [1.165, 1.54) is 7.11 Å². The lowest BCUT2D eigenvalue weighted by atomic mass is 9.82. The van der Waals surface area contributed by atoms with E-state index in [2.05, 4.69) is 31.1 Å². The van der Waals surface area contributed by atoms with E-state index >= 15 is 0 Å². The molecule has 0 unspecified atom stereocenters. The SMILES string of the molecule is COC(=O)[C@H]1CN(C(=O)OC(C)(C)C)CC[C@@H]1CCC#C[Si](C)(C)C. The molecule has 1 saturated heterocycles. The third-order valence-electron chi connectivity index (χ3n) is 4.02. The number of ether oxygens (including phenoxy) is 2. The molecule has 1 aliphatic rings. The predicted octanol–water partition coefficient (Wildman–Crippen LogP) is 3.69. The number of piperidine rings is 1. The molecule has 25 heavy (non-hydrogen) atoms. The van der Waals surface area contributed by atoms with Crippen molar-refractivity contribution in [2.45, 2.75) is 65.3 Å². The summed E-state index contributed by atoms with van der Waals surface area (Å²) in [5, 5.41) is 0. The molecule has 0 spiro atoms. The third-order valence-corrected chi connectivity index (χ3v) is 4.94. The molecule has 0 N–H and O–H groups in total. The topological polar surface area (TPSA) is 55.8 Å². The lowest BCUT2D eigenvalue weighted by molar-refractivity contribution is -0.149. The van der Waals surface area contributed by atoms with Crippen molar-refractivity contribution in [3.8, 4) is 11.5 Å². The Labute approximate surface area is 153 Å². The van der Waals surface area contributed by atoms with Crippen molar-refractivity contribution in [1.29, 1.82) is 0 Å². The van der Waals surface area contributed by atoms with Crippen LogP contribution in [0.5, 0.6) is 0 Å². The molecule has 0 aromatic rings. The van der Waals surface area contributed by atoms with Crippen LogP contribution in [0.4, 0.5) is 4.79 Å². The number of likely N-dealkylation sites (tertiary alicyclic amines) is 1. The molecule has 0 aromatic carbocycles. The van der Waals surface area contributed by atoms with Crippen LogP contribution in [0.3, 0.4) is 0 Å². The average Bonchev–Trinajstić information content (AvgIpc) is 2.48. The van der Waals surface area contributed by atoms with Crippen molar-refractivity contribution in [2.75, 3.05) is 20.2 Å². The van der Waals surface area contributed by atoms with Crippen LogP contribution >= 0.6 is 0 Å². The molecule has 0 bridgehead atoms. The van der Waals surface area contributed by atoms with E-state index in [-0.39, 0.29) is 23.9 Å². The highest BCUT2D eigenvalue weighted by Gasteiger charge is 2.37. The van der Waals surface area contributed by atoms with Gasteiger partial charge in [0.05, 0.1) is 13.0 Å². The van der Waals surface area contributed by atoms with Gasteiger partial charge in [0, 0.05) is 19.5 Å². The molecule has 2 atom stereocenters. The second kappa shape index (κ2) is 8.75. The average molecular weight is 368 g/mol. The first-order chi connectivity index (χ1) is 11.4. The minimum absolute atomic E-state index is 0.196. The van der Waals surface area contributed by atoms with Crippen molar-refractivity contribution in [3.05, 3.63) is 0 Å². The number of carbonyl (C=O) groups excluding carboxylic acids is 2. The number of hydrogen-bond donors (Lipinski definition) is 0. The van der Waals surface area contributed by atoms with Gasteiger partial charge in [-0.05, 0) is 39.5 Å². The Hall–Kier alpha value is -1.48. The molecule has 1 rings (SSSR count). The zero-order valence-electron chi connectivity index (χ0n) is 16.8. The van der Waals surface area contributed by atoms with E-state index in [1.54, 1.807) is 4.90 Å². The molecule has 142 valence electrons. The summed E-state index contributed by atoms with van der Waals surface area (Å²) in [6, 6.07) is 0. The molecular weight excluding hydrogens is 334 g/mol. The molecule has 0 aliphatic carbocycles. The number of esters is 1. The maximum Gasteiger partial charge on any atom is 0.410 e. The van der Waals surface area contributed by atoms with Gasteiger partial charge >= 0.3 is 12.1 Å². The van der Waals surface area contributed by atoms with Crippen LogP contribution in [-0.2, 0) is 14.3 Å². The molecule has 1 fully saturated rings. The van der Waals surface area contributed by atoms with E-state index in [4.69, 9.17) is 9.47 Å². The van der Waals surface area contributed by atoms with E-state index in [0.717, 1.165) is 19.3 Å². The Morgan fingerprint density at radius 3 is 2.40 bits per heavy atom. The van der Waals surface area contributed by atoms with Crippen LogP contribution < -0.4 is 0 Å². The van der Waals surface area contributed by atoms with Gasteiger partial charge in [-0.1, -0.05) is 19.6 Å². The van der Waals surface area contributed by atoms with Gasteiger partial charge < -0.3 is 14.4 Å². The summed E-state index contributed by atoms with van der Waals surface area (Å²) in [7, 11) is 0.0390. The molecule has 0 saturated carbocycles. The minimum atomic E-state index is -1.36. The Balaban J connectivity index is 2.71. The fourth-order valence-corrected chi connectivity index (χ4v) is 3.50. The van der Waals surface area contributed by atoms with Gasteiger partial charge in [0.25, 0.3) is 0 Å². The Bertz CT molecular complexity index is 536. The van der Waals surface area contributed by atoms with E-state index in [9.17, 15) is 9.59 Å². The van der Waals surface area contributed by atoms with E-state index in [0.29, 0.717) is 13.1 Å². The third kappa shape index (κ3) is 7.96.